The van der Waals surface area contributed by atoms with Gasteiger partial charge in [0.05, 0.1) is 6.10 Å². The van der Waals surface area contributed by atoms with Crippen molar-refractivity contribution >= 4 is 11.7 Å². The molecule has 1 atom stereocenters. The number of amides is 2. The van der Waals surface area contributed by atoms with E-state index in [1.807, 2.05) is 29.2 Å². The maximum absolute atomic E-state index is 12.2. The normalized spacial score (nSPS) is 19.3. The lowest BCUT2D eigenvalue weighted by molar-refractivity contribution is 0.178. The van der Waals surface area contributed by atoms with Gasteiger partial charge in [-0.05, 0) is 51.3 Å². The number of nitrogens with one attached hydrogen (secondary N) is 1. The van der Waals surface area contributed by atoms with Gasteiger partial charge in [-0.1, -0.05) is 12.1 Å². The van der Waals surface area contributed by atoms with Crippen molar-refractivity contribution in [3.8, 4) is 0 Å². The van der Waals surface area contributed by atoms with Gasteiger partial charge >= 0.3 is 6.03 Å². The van der Waals surface area contributed by atoms with Gasteiger partial charge in [-0.3, -0.25) is 0 Å². The van der Waals surface area contributed by atoms with E-state index in [4.69, 9.17) is 0 Å². The van der Waals surface area contributed by atoms with Crippen LogP contribution in [0.4, 0.5) is 10.5 Å². The fourth-order valence-electron chi connectivity index (χ4n) is 2.52. The minimum Gasteiger partial charge on any atom is -0.389 e. The summed E-state index contributed by atoms with van der Waals surface area (Å²) in [5, 5.41) is 12.4. The first-order valence-electron chi connectivity index (χ1n) is 6.77. The SMILES string of the molecule is CC(O)c1ccc(NC(=O)N2CCCC2(C)C)cc1. The summed E-state index contributed by atoms with van der Waals surface area (Å²) < 4.78 is 0. The van der Waals surface area contributed by atoms with E-state index in [1.165, 1.54) is 0 Å². The highest BCUT2D eigenvalue weighted by molar-refractivity contribution is 5.90. The van der Waals surface area contributed by atoms with Crippen molar-refractivity contribution in [3.63, 3.8) is 0 Å². The third-order valence-electron chi connectivity index (χ3n) is 3.79. The zero-order chi connectivity index (χ0) is 14.0. The van der Waals surface area contributed by atoms with Crippen LogP contribution in [0.1, 0.15) is 45.3 Å². The number of aliphatic hydroxyl groups excluding tert-OH is 1. The van der Waals surface area contributed by atoms with E-state index in [1.54, 1.807) is 6.92 Å². The summed E-state index contributed by atoms with van der Waals surface area (Å²) >= 11 is 0. The number of urea groups is 1. The molecule has 1 unspecified atom stereocenters. The van der Waals surface area contributed by atoms with E-state index in [-0.39, 0.29) is 11.6 Å². The second-order valence-electron chi connectivity index (χ2n) is 5.80. The lowest BCUT2D eigenvalue weighted by Gasteiger charge is -2.31. The van der Waals surface area contributed by atoms with Gasteiger partial charge in [0.15, 0.2) is 0 Å². The van der Waals surface area contributed by atoms with Crippen LogP contribution < -0.4 is 5.32 Å². The van der Waals surface area contributed by atoms with Crippen LogP contribution in [0, 0.1) is 0 Å². The minimum atomic E-state index is -0.484. The molecule has 0 radical (unpaired) electrons. The Morgan fingerprint density at radius 1 is 1.37 bits per heavy atom. The molecule has 0 aromatic heterocycles. The zero-order valence-electron chi connectivity index (χ0n) is 11.8. The lowest BCUT2D eigenvalue weighted by Crippen LogP contribution is -2.44. The number of aliphatic hydroxyl groups is 1. The first-order chi connectivity index (χ1) is 8.90. The van der Waals surface area contributed by atoms with Gasteiger partial charge in [-0.15, -0.1) is 0 Å². The van der Waals surface area contributed by atoms with Gasteiger partial charge in [0.2, 0.25) is 0 Å². The maximum atomic E-state index is 12.2. The Morgan fingerprint density at radius 2 is 2.00 bits per heavy atom. The molecule has 2 N–H and O–H groups in total. The first-order valence-corrected chi connectivity index (χ1v) is 6.77. The van der Waals surface area contributed by atoms with Gasteiger partial charge < -0.3 is 15.3 Å². The summed E-state index contributed by atoms with van der Waals surface area (Å²) in [4.78, 5) is 14.1. The largest absolute Gasteiger partial charge is 0.389 e. The Bertz CT molecular complexity index is 452. The van der Waals surface area contributed by atoms with Crippen LogP contribution in [0.15, 0.2) is 24.3 Å². The molecule has 1 heterocycles. The summed E-state index contributed by atoms with van der Waals surface area (Å²) in [5.41, 5.74) is 1.54. The highest BCUT2D eigenvalue weighted by atomic mass is 16.3. The van der Waals surface area contributed by atoms with Crippen LogP contribution in [0.2, 0.25) is 0 Å². The zero-order valence-corrected chi connectivity index (χ0v) is 11.8. The molecule has 4 nitrogen and oxygen atoms in total. The van der Waals surface area contributed by atoms with Crippen LogP contribution in [-0.4, -0.2) is 28.1 Å². The fourth-order valence-corrected chi connectivity index (χ4v) is 2.52. The van der Waals surface area contributed by atoms with Crippen LogP contribution in [0.3, 0.4) is 0 Å². The Morgan fingerprint density at radius 3 is 2.47 bits per heavy atom. The fraction of sp³-hybridized carbons (Fsp3) is 0.533. The second-order valence-corrected chi connectivity index (χ2v) is 5.80. The van der Waals surface area contributed by atoms with Crippen LogP contribution in [0.5, 0.6) is 0 Å². The summed E-state index contributed by atoms with van der Waals surface area (Å²) in [6.45, 7) is 6.72. The Hall–Kier alpha value is -1.55. The number of carbonyl (C=O) groups is 1. The third-order valence-corrected chi connectivity index (χ3v) is 3.79. The van der Waals surface area contributed by atoms with Crippen molar-refractivity contribution in [1.29, 1.82) is 0 Å². The molecule has 4 heteroatoms. The van der Waals surface area contributed by atoms with Crippen LogP contribution in [-0.2, 0) is 0 Å². The van der Waals surface area contributed by atoms with E-state index < -0.39 is 6.10 Å². The third kappa shape index (κ3) is 3.07. The van der Waals surface area contributed by atoms with Crippen LogP contribution in [0.25, 0.3) is 0 Å². The molecule has 1 aromatic rings. The average Bonchev–Trinajstić information content (AvgIpc) is 2.69. The average molecular weight is 262 g/mol. The molecule has 0 bridgehead atoms. The first kappa shape index (κ1) is 13.9. The molecule has 2 rings (SSSR count). The van der Waals surface area contributed by atoms with Gasteiger partial charge in [-0.2, -0.15) is 0 Å². The number of likely N-dealkylation sites (tertiary alicyclic amines) is 1. The highest BCUT2D eigenvalue weighted by Gasteiger charge is 2.35. The van der Waals surface area contributed by atoms with E-state index in [9.17, 15) is 9.90 Å². The number of anilines is 1. The van der Waals surface area contributed by atoms with Crippen molar-refractivity contribution in [2.24, 2.45) is 0 Å². The molecule has 104 valence electrons. The monoisotopic (exact) mass is 262 g/mol. The minimum absolute atomic E-state index is 0.0488. The summed E-state index contributed by atoms with van der Waals surface area (Å²) in [6, 6.07) is 7.25. The summed E-state index contributed by atoms with van der Waals surface area (Å²) in [6.07, 6.45) is 1.62. The second kappa shape index (κ2) is 5.21. The Balaban J connectivity index is 2.03. The van der Waals surface area contributed by atoms with Gasteiger partial charge in [-0.25, -0.2) is 4.79 Å². The topological polar surface area (TPSA) is 52.6 Å². The number of rotatable bonds is 2. The molecule has 1 aliphatic heterocycles. The van der Waals surface area contributed by atoms with Crippen molar-refractivity contribution in [2.75, 3.05) is 11.9 Å². The summed E-state index contributed by atoms with van der Waals surface area (Å²) in [7, 11) is 0. The predicted octanol–water partition coefficient (Wildman–Crippen LogP) is 3.15. The van der Waals surface area contributed by atoms with Gasteiger partial charge in [0, 0.05) is 17.8 Å². The standard InChI is InChI=1S/C15H22N2O2/c1-11(18)12-5-7-13(8-6-12)16-14(19)17-10-4-9-15(17,2)3/h5-8,11,18H,4,9-10H2,1-3H3,(H,16,19). The number of benzene rings is 1. The Kier molecular flexibility index (Phi) is 3.80. The molecule has 0 saturated carbocycles. The molecule has 1 saturated heterocycles. The number of hydrogen-bond acceptors (Lipinski definition) is 2. The molecule has 0 spiro atoms. The van der Waals surface area contributed by atoms with E-state index in [0.717, 1.165) is 30.6 Å². The smallest absolute Gasteiger partial charge is 0.322 e. The molecule has 1 aromatic carbocycles. The molecular formula is C15H22N2O2. The number of carbonyl (C=O) groups excluding carboxylic acids is 1. The Labute approximate surface area is 114 Å². The van der Waals surface area contributed by atoms with Crippen molar-refractivity contribution in [3.05, 3.63) is 29.8 Å². The molecule has 1 fully saturated rings. The summed E-state index contributed by atoms with van der Waals surface area (Å²) in [5.74, 6) is 0. The molecule has 2 amide bonds. The lowest BCUT2D eigenvalue weighted by atomic mass is 10.0. The molecule has 1 aliphatic rings. The quantitative estimate of drug-likeness (QED) is 0.860. The van der Waals surface area contributed by atoms with Crippen molar-refractivity contribution < 1.29 is 9.90 Å². The molecule has 19 heavy (non-hydrogen) atoms. The van der Waals surface area contributed by atoms with E-state index in [2.05, 4.69) is 19.2 Å². The van der Waals surface area contributed by atoms with E-state index >= 15 is 0 Å². The van der Waals surface area contributed by atoms with Crippen molar-refractivity contribution in [2.45, 2.75) is 45.3 Å². The van der Waals surface area contributed by atoms with Gasteiger partial charge in [0.25, 0.3) is 0 Å². The molecular weight excluding hydrogens is 240 g/mol. The molecule has 0 aliphatic carbocycles. The number of nitrogens with zero attached hydrogens (tertiary/aromatic N) is 1. The van der Waals surface area contributed by atoms with Crippen LogP contribution >= 0.6 is 0 Å². The van der Waals surface area contributed by atoms with Crippen molar-refractivity contribution in [1.82, 2.24) is 4.90 Å². The van der Waals surface area contributed by atoms with E-state index in [0.29, 0.717) is 0 Å². The van der Waals surface area contributed by atoms with Gasteiger partial charge in [0.1, 0.15) is 0 Å². The predicted molar refractivity (Wildman–Crippen MR) is 76.1 cm³/mol. The maximum Gasteiger partial charge on any atom is 0.322 e. The number of hydrogen-bond donors (Lipinski definition) is 2. The highest BCUT2D eigenvalue weighted by Crippen LogP contribution is 2.28.